The molecule has 0 fully saturated rings. The number of non-ortho nitro benzene ring substituents is 1. The normalized spacial score (nSPS) is 10.5. The lowest BCUT2D eigenvalue weighted by molar-refractivity contribution is -0.384. The second-order valence-electron chi connectivity index (χ2n) is 4.46. The molecule has 0 spiro atoms. The first-order valence-electron chi connectivity index (χ1n) is 6.19. The number of aromatic amines is 1. The maximum atomic E-state index is 10.6. The van der Waals surface area contributed by atoms with Gasteiger partial charge in [-0.25, -0.2) is 4.98 Å². The highest BCUT2D eigenvalue weighted by molar-refractivity contribution is 6.30. The summed E-state index contributed by atoms with van der Waals surface area (Å²) in [7, 11) is 0. The number of imidazole rings is 1. The summed E-state index contributed by atoms with van der Waals surface area (Å²) < 4.78 is 0. The van der Waals surface area contributed by atoms with Crippen LogP contribution in [0.1, 0.15) is 0 Å². The number of benzene rings is 2. The minimum absolute atomic E-state index is 0.0659. The third-order valence-electron chi connectivity index (χ3n) is 3.08. The van der Waals surface area contributed by atoms with Gasteiger partial charge >= 0.3 is 0 Å². The molecule has 0 saturated carbocycles. The average Bonchev–Trinajstić information content (AvgIpc) is 2.98. The molecular weight excluding hydrogens is 290 g/mol. The van der Waals surface area contributed by atoms with E-state index in [2.05, 4.69) is 9.97 Å². The van der Waals surface area contributed by atoms with Crippen molar-refractivity contribution in [2.45, 2.75) is 0 Å². The van der Waals surface area contributed by atoms with Crippen molar-refractivity contribution in [3.8, 4) is 22.6 Å². The largest absolute Gasteiger partial charge is 0.338 e. The summed E-state index contributed by atoms with van der Waals surface area (Å²) in [6.07, 6.45) is 1.70. The highest BCUT2D eigenvalue weighted by Gasteiger charge is 2.08. The maximum absolute atomic E-state index is 10.6. The zero-order valence-corrected chi connectivity index (χ0v) is 11.5. The highest BCUT2D eigenvalue weighted by atomic mass is 35.5. The highest BCUT2D eigenvalue weighted by Crippen LogP contribution is 2.24. The maximum Gasteiger partial charge on any atom is 0.269 e. The number of rotatable bonds is 3. The Hall–Kier alpha value is -2.66. The molecule has 0 saturated heterocycles. The Balaban J connectivity index is 1.90. The Bertz CT molecular complexity index is 779. The molecule has 21 heavy (non-hydrogen) atoms. The third-order valence-corrected chi connectivity index (χ3v) is 3.33. The number of nitrogens with one attached hydrogen (secondary N) is 1. The van der Waals surface area contributed by atoms with Gasteiger partial charge in [-0.15, -0.1) is 0 Å². The summed E-state index contributed by atoms with van der Waals surface area (Å²) in [4.78, 5) is 17.7. The fourth-order valence-electron chi connectivity index (χ4n) is 1.99. The first-order valence-corrected chi connectivity index (χ1v) is 6.57. The molecule has 0 radical (unpaired) electrons. The van der Waals surface area contributed by atoms with Crippen molar-refractivity contribution in [2.24, 2.45) is 0 Å². The van der Waals surface area contributed by atoms with E-state index in [9.17, 15) is 10.1 Å². The van der Waals surface area contributed by atoms with Crippen LogP contribution in [-0.2, 0) is 0 Å². The van der Waals surface area contributed by atoms with E-state index in [0.29, 0.717) is 5.02 Å². The van der Waals surface area contributed by atoms with Crippen LogP contribution in [0, 0.1) is 10.1 Å². The van der Waals surface area contributed by atoms with Gasteiger partial charge in [-0.1, -0.05) is 11.6 Å². The van der Waals surface area contributed by atoms with Crippen LogP contribution < -0.4 is 0 Å². The molecule has 1 aromatic heterocycles. The molecule has 0 unspecified atom stereocenters. The number of aromatic nitrogens is 2. The molecule has 104 valence electrons. The van der Waals surface area contributed by atoms with Crippen LogP contribution in [0.15, 0.2) is 54.7 Å². The van der Waals surface area contributed by atoms with Crippen LogP contribution in [0.4, 0.5) is 5.69 Å². The van der Waals surface area contributed by atoms with Crippen molar-refractivity contribution in [1.29, 1.82) is 0 Å². The van der Waals surface area contributed by atoms with E-state index in [1.807, 2.05) is 12.1 Å². The molecule has 0 aliphatic heterocycles. The fourth-order valence-corrected chi connectivity index (χ4v) is 2.11. The molecule has 5 nitrogen and oxygen atoms in total. The minimum Gasteiger partial charge on any atom is -0.338 e. The lowest BCUT2D eigenvalue weighted by Crippen LogP contribution is -1.87. The standard InChI is InChI=1S/C15H10ClN3O2/c16-12-5-1-11(2-6-12)15-17-9-14(18-15)10-3-7-13(8-4-10)19(20)21/h1-9H,(H,17,18). The van der Waals surface area contributed by atoms with Crippen LogP contribution >= 0.6 is 11.6 Å². The zero-order valence-electron chi connectivity index (χ0n) is 10.8. The minimum atomic E-state index is -0.421. The van der Waals surface area contributed by atoms with Crippen molar-refractivity contribution in [3.63, 3.8) is 0 Å². The first kappa shape index (κ1) is 13.3. The lowest BCUT2D eigenvalue weighted by Gasteiger charge is -1.98. The summed E-state index contributed by atoms with van der Waals surface area (Å²) in [5, 5.41) is 11.3. The van der Waals surface area contributed by atoms with Gasteiger partial charge in [-0.3, -0.25) is 10.1 Å². The van der Waals surface area contributed by atoms with Gasteiger partial charge in [0.25, 0.3) is 5.69 Å². The molecule has 0 atom stereocenters. The van der Waals surface area contributed by atoms with Gasteiger partial charge in [0, 0.05) is 28.3 Å². The van der Waals surface area contributed by atoms with E-state index in [-0.39, 0.29) is 5.69 Å². The van der Waals surface area contributed by atoms with Gasteiger partial charge in [0.2, 0.25) is 0 Å². The number of hydrogen-bond donors (Lipinski definition) is 1. The van der Waals surface area contributed by atoms with E-state index in [4.69, 9.17) is 11.6 Å². The van der Waals surface area contributed by atoms with E-state index >= 15 is 0 Å². The second-order valence-corrected chi connectivity index (χ2v) is 4.89. The Morgan fingerprint density at radius 3 is 2.24 bits per heavy atom. The van der Waals surface area contributed by atoms with Crippen molar-refractivity contribution < 1.29 is 4.92 Å². The van der Waals surface area contributed by atoms with Crippen molar-refractivity contribution in [3.05, 3.63) is 69.9 Å². The topological polar surface area (TPSA) is 71.8 Å². The van der Waals surface area contributed by atoms with Crippen molar-refractivity contribution >= 4 is 17.3 Å². The fraction of sp³-hybridized carbons (Fsp3) is 0. The van der Waals surface area contributed by atoms with E-state index in [1.165, 1.54) is 12.1 Å². The van der Waals surface area contributed by atoms with Crippen LogP contribution in [0.3, 0.4) is 0 Å². The van der Waals surface area contributed by atoms with Gasteiger partial charge in [0.1, 0.15) is 5.82 Å². The van der Waals surface area contributed by atoms with E-state index < -0.39 is 4.92 Å². The summed E-state index contributed by atoms with van der Waals surface area (Å²) in [6, 6.07) is 13.7. The van der Waals surface area contributed by atoms with E-state index in [0.717, 1.165) is 22.6 Å². The third kappa shape index (κ3) is 2.78. The van der Waals surface area contributed by atoms with Crippen molar-refractivity contribution in [2.75, 3.05) is 0 Å². The lowest BCUT2D eigenvalue weighted by atomic mass is 10.1. The molecule has 2 aromatic carbocycles. The van der Waals surface area contributed by atoms with Gasteiger partial charge < -0.3 is 4.98 Å². The Labute approximate surface area is 125 Å². The zero-order chi connectivity index (χ0) is 14.8. The number of H-pyrrole nitrogens is 1. The Kier molecular flexibility index (Phi) is 3.41. The molecule has 0 amide bonds. The number of nitro groups is 1. The number of halogens is 1. The molecule has 0 aliphatic carbocycles. The number of nitro benzene ring substituents is 1. The number of nitrogens with zero attached hydrogens (tertiary/aromatic N) is 2. The van der Waals surface area contributed by atoms with Crippen LogP contribution in [0.2, 0.25) is 5.02 Å². The quantitative estimate of drug-likeness (QED) is 0.578. The number of hydrogen-bond acceptors (Lipinski definition) is 3. The van der Waals surface area contributed by atoms with E-state index in [1.54, 1.807) is 30.5 Å². The van der Waals surface area contributed by atoms with Crippen LogP contribution in [-0.4, -0.2) is 14.9 Å². The molecule has 1 N–H and O–H groups in total. The van der Waals surface area contributed by atoms with Gasteiger partial charge in [0.05, 0.1) is 16.8 Å². The Morgan fingerprint density at radius 1 is 1.00 bits per heavy atom. The Morgan fingerprint density at radius 2 is 1.62 bits per heavy atom. The predicted octanol–water partition coefficient (Wildman–Crippen LogP) is 4.31. The molecule has 0 aliphatic rings. The second kappa shape index (κ2) is 5.38. The molecule has 3 rings (SSSR count). The van der Waals surface area contributed by atoms with Crippen LogP contribution in [0.25, 0.3) is 22.6 Å². The van der Waals surface area contributed by atoms with Gasteiger partial charge in [-0.05, 0) is 36.4 Å². The predicted molar refractivity (Wildman–Crippen MR) is 81.1 cm³/mol. The molecule has 6 heteroatoms. The van der Waals surface area contributed by atoms with Crippen LogP contribution in [0.5, 0.6) is 0 Å². The molecule has 0 bridgehead atoms. The first-order chi connectivity index (χ1) is 10.1. The smallest absolute Gasteiger partial charge is 0.269 e. The van der Waals surface area contributed by atoms with Gasteiger partial charge in [0.15, 0.2) is 0 Å². The molecule has 1 heterocycles. The molecule has 3 aromatic rings. The van der Waals surface area contributed by atoms with Crippen molar-refractivity contribution in [1.82, 2.24) is 9.97 Å². The monoisotopic (exact) mass is 299 g/mol. The summed E-state index contributed by atoms with van der Waals surface area (Å²) in [5.41, 5.74) is 2.63. The average molecular weight is 300 g/mol. The summed E-state index contributed by atoms with van der Waals surface area (Å²) in [6.45, 7) is 0. The summed E-state index contributed by atoms with van der Waals surface area (Å²) >= 11 is 5.85. The molecular formula is C15H10ClN3O2. The van der Waals surface area contributed by atoms with Gasteiger partial charge in [-0.2, -0.15) is 0 Å². The SMILES string of the molecule is O=[N+]([O-])c1ccc(-c2cnc(-c3ccc(Cl)cc3)[nH]2)cc1. The summed E-state index contributed by atoms with van der Waals surface area (Å²) in [5.74, 6) is 0.722.